The van der Waals surface area contributed by atoms with Crippen molar-refractivity contribution >= 4 is 21.6 Å². The van der Waals surface area contributed by atoms with Gasteiger partial charge in [0, 0.05) is 18.1 Å². The molecular formula is C20H25ClN2O2S. The Labute approximate surface area is 161 Å². The Morgan fingerprint density at radius 1 is 0.846 bits per heavy atom. The molecule has 1 fully saturated rings. The maximum Gasteiger partial charge on any atom is 0.216 e. The Balaban J connectivity index is 1.51. The van der Waals surface area contributed by atoms with Crippen LogP contribution in [-0.4, -0.2) is 26.4 Å². The predicted molar refractivity (Wildman–Crippen MR) is 106 cm³/mol. The van der Waals surface area contributed by atoms with Crippen LogP contribution in [0.15, 0.2) is 48.5 Å². The number of rotatable bonds is 7. The minimum absolute atomic E-state index is 0.0444. The number of piperidine rings is 1. The third kappa shape index (κ3) is 6.09. The molecule has 0 saturated carbocycles. The first kappa shape index (κ1) is 19.4. The van der Waals surface area contributed by atoms with E-state index in [1.54, 1.807) is 24.3 Å². The predicted octanol–water partition coefficient (Wildman–Crippen LogP) is 3.95. The first-order chi connectivity index (χ1) is 12.5. The van der Waals surface area contributed by atoms with Crippen LogP contribution in [0, 0.1) is 0 Å². The smallest absolute Gasteiger partial charge is 0.216 e. The summed E-state index contributed by atoms with van der Waals surface area (Å²) in [6.45, 7) is 3.63. The van der Waals surface area contributed by atoms with Crippen LogP contribution in [0.4, 0.5) is 0 Å². The maximum atomic E-state index is 12.2. The van der Waals surface area contributed by atoms with E-state index in [1.807, 2.05) is 12.1 Å². The fourth-order valence-electron chi connectivity index (χ4n) is 3.18. The fourth-order valence-corrected chi connectivity index (χ4v) is 4.43. The first-order valence-electron chi connectivity index (χ1n) is 9.02. The molecule has 4 nitrogen and oxygen atoms in total. The lowest BCUT2D eigenvalue weighted by Crippen LogP contribution is -2.29. The van der Waals surface area contributed by atoms with Crippen molar-refractivity contribution in [2.75, 3.05) is 13.1 Å². The van der Waals surface area contributed by atoms with E-state index in [2.05, 4.69) is 21.8 Å². The zero-order chi connectivity index (χ0) is 18.4. The second-order valence-corrected chi connectivity index (χ2v) is 9.10. The summed E-state index contributed by atoms with van der Waals surface area (Å²) in [6, 6.07) is 15.1. The first-order valence-corrected chi connectivity index (χ1v) is 11.1. The van der Waals surface area contributed by atoms with Crippen molar-refractivity contribution in [3.63, 3.8) is 0 Å². The molecule has 1 heterocycles. The van der Waals surface area contributed by atoms with Crippen LogP contribution < -0.4 is 4.72 Å². The molecule has 0 bridgehead atoms. The van der Waals surface area contributed by atoms with Crippen molar-refractivity contribution in [2.45, 2.75) is 38.1 Å². The van der Waals surface area contributed by atoms with Gasteiger partial charge in [-0.3, -0.25) is 4.90 Å². The second kappa shape index (κ2) is 9.00. The molecule has 3 rings (SSSR count). The quantitative estimate of drug-likeness (QED) is 0.776. The molecule has 6 heteroatoms. The highest BCUT2D eigenvalue weighted by Gasteiger charge is 2.12. The van der Waals surface area contributed by atoms with E-state index in [0.717, 1.165) is 17.7 Å². The lowest BCUT2D eigenvalue weighted by atomic mass is 10.1. The van der Waals surface area contributed by atoms with Crippen LogP contribution >= 0.6 is 11.6 Å². The SMILES string of the molecule is O=S(=O)(Cc1ccc(Cl)cc1)NCc1ccc(CN2CCCCC2)cc1. The Morgan fingerprint density at radius 2 is 1.42 bits per heavy atom. The van der Waals surface area contributed by atoms with Gasteiger partial charge >= 0.3 is 0 Å². The maximum absolute atomic E-state index is 12.2. The molecule has 1 aliphatic heterocycles. The van der Waals surface area contributed by atoms with Crippen molar-refractivity contribution in [1.82, 2.24) is 9.62 Å². The van der Waals surface area contributed by atoms with E-state index in [4.69, 9.17) is 11.6 Å². The van der Waals surface area contributed by atoms with E-state index < -0.39 is 10.0 Å². The van der Waals surface area contributed by atoms with Gasteiger partial charge in [0.15, 0.2) is 0 Å². The molecule has 1 saturated heterocycles. The largest absolute Gasteiger partial charge is 0.299 e. The lowest BCUT2D eigenvalue weighted by molar-refractivity contribution is 0.221. The number of nitrogens with zero attached hydrogens (tertiary/aromatic N) is 1. The molecule has 0 aromatic heterocycles. The van der Waals surface area contributed by atoms with Gasteiger partial charge in [0.1, 0.15) is 0 Å². The van der Waals surface area contributed by atoms with Crippen molar-refractivity contribution in [3.8, 4) is 0 Å². The van der Waals surface area contributed by atoms with Crippen molar-refractivity contribution in [1.29, 1.82) is 0 Å². The number of nitrogens with one attached hydrogen (secondary N) is 1. The summed E-state index contributed by atoms with van der Waals surface area (Å²) >= 11 is 5.83. The van der Waals surface area contributed by atoms with Gasteiger partial charge in [-0.05, 0) is 54.8 Å². The molecule has 140 valence electrons. The van der Waals surface area contributed by atoms with E-state index in [-0.39, 0.29) is 5.75 Å². The minimum atomic E-state index is -3.38. The highest BCUT2D eigenvalue weighted by molar-refractivity contribution is 7.88. The molecule has 26 heavy (non-hydrogen) atoms. The Kier molecular flexibility index (Phi) is 6.70. The summed E-state index contributed by atoms with van der Waals surface area (Å²) in [5, 5.41) is 0.601. The summed E-state index contributed by atoms with van der Waals surface area (Å²) < 4.78 is 27.1. The number of sulfonamides is 1. The Hall–Kier alpha value is -1.40. The van der Waals surface area contributed by atoms with Gasteiger partial charge < -0.3 is 0 Å². The monoisotopic (exact) mass is 392 g/mol. The highest BCUT2D eigenvalue weighted by Crippen LogP contribution is 2.14. The van der Waals surface area contributed by atoms with Crippen molar-refractivity contribution in [3.05, 3.63) is 70.2 Å². The van der Waals surface area contributed by atoms with Gasteiger partial charge in [-0.1, -0.05) is 54.4 Å². The molecule has 2 aromatic rings. The minimum Gasteiger partial charge on any atom is -0.299 e. The normalized spacial score (nSPS) is 15.9. The van der Waals surface area contributed by atoms with Crippen LogP contribution in [0.2, 0.25) is 5.02 Å². The van der Waals surface area contributed by atoms with E-state index in [9.17, 15) is 8.42 Å². The van der Waals surface area contributed by atoms with Crippen LogP contribution in [0.5, 0.6) is 0 Å². The van der Waals surface area contributed by atoms with Gasteiger partial charge in [0.2, 0.25) is 10.0 Å². The van der Waals surface area contributed by atoms with Crippen molar-refractivity contribution < 1.29 is 8.42 Å². The number of benzene rings is 2. The molecule has 0 spiro atoms. The molecule has 0 unspecified atom stereocenters. The van der Waals surface area contributed by atoms with Gasteiger partial charge in [0.25, 0.3) is 0 Å². The van der Waals surface area contributed by atoms with E-state index in [1.165, 1.54) is 37.9 Å². The van der Waals surface area contributed by atoms with Crippen molar-refractivity contribution in [2.24, 2.45) is 0 Å². The zero-order valence-electron chi connectivity index (χ0n) is 14.8. The van der Waals surface area contributed by atoms with Crippen LogP contribution in [0.1, 0.15) is 36.0 Å². The molecule has 0 aliphatic carbocycles. The summed E-state index contributed by atoms with van der Waals surface area (Å²) in [5.74, 6) is -0.0444. The van der Waals surface area contributed by atoms with Crippen LogP contribution in [0.3, 0.4) is 0 Å². The van der Waals surface area contributed by atoms with Gasteiger partial charge in [-0.15, -0.1) is 0 Å². The third-order valence-corrected chi connectivity index (χ3v) is 6.19. The van der Waals surface area contributed by atoms with Crippen LogP contribution in [-0.2, 0) is 28.9 Å². The second-order valence-electron chi connectivity index (χ2n) is 6.86. The summed E-state index contributed by atoms with van der Waals surface area (Å²) in [6.07, 6.45) is 3.91. The zero-order valence-corrected chi connectivity index (χ0v) is 16.4. The Bertz CT molecular complexity index is 799. The highest BCUT2D eigenvalue weighted by atomic mass is 35.5. The number of halogens is 1. The average molecular weight is 393 g/mol. The molecule has 1 N–H and O–H groups in total. The summed E-state index contributed by atoms with van der Waals surface area (Å²) in [5.41, 5.74) is 2.96. The van der Waals surface area contributed by atoms with Gasteiger partial charge in [-0.2, -0.15) is 0 Å². The fraction of sp³-hybridized carbons (Fsp3) is 0.400. The molecule has 0 atom stereocenters. The standard InChI is InChI=1S/C20H25ClN2O2S/c21-20-10-8-19(9-11-20)16-26(24,25)22-14-17-4-6-18(7-5-17)15-23-12-2-1-3-13-23/h4-11,22H,1-3,12-16H2. The topological polar surface area (TPSA) is 49.4 Å². The summed E-state index contributed by atoms with van der Waals surface area (Å²) in [4.78, 5) is 2.48. The van der Waals surface area contributed by atoms with E-state index in [0.29, 0.717) is 11.6 Å². The molecular weight excluding hydrogens is 368 g/mol. The summed E-state index contributed by atoms with van der Waals surface area (Å²) in [7, 11) is -3.38. The Morgan fingerprint density at radius 3 is 2.08 bits per heavy atom. The molecule has 0 amide bonds. The van der Waals surface area contributed by atoms with Gasteiger partial charge in [0.05, 0.1) is 5.75 Å². The number of likely N-dealkylation sites (tertiary alicyclic amines) is 1. The average Bonchev–Trinajstić information content (AvgIpc) is 2.64. The third-order valence-electron chi connectivity index (χ3n) is 4.64. The number of hydrogen-bond acceptors (Lipinski definition) is 3. The molecule has 0 radical (unpaired) electrons. The number of hydrogen-bond donors (Lipinski definition) is 1. The lowest BCUT2D eigenvalue weighted by Gasteiger charge is -2.26. The van der Waals surface area contributed by atoms with Crippen LogP contribution in [0.25, 0.3) is 0 Å². The molecule has 1 aliphatic rings. The van der Waals surface area contributed by atoms with E-state index >= 15 is 0 Å². The van der Waals surface area contributed by atoms with Gasteiger partial charge in [-0.25, -0.2) is 13.1 Å². The molecule has 2 aromatic carbocycles.